The maximum atomic E-state index is 13.5. The maximum absolute atomic E-state index is 13.5. The third kappa shape index (κ3) is 30.9. The summed E-state index contributed by atoms with van der Waals surface area (Å²) >= 11 is 0. The summed E-state index contributed by atoms with van der Waals surface area (Å²) in [5.74, 6) is -1.48. The summed E-state index contributed by atoms with van der Waals surface area (Å²) in [6.45, 7) is 10.6. The number of carbonyl (C=O) groups is 3. The van der Waals surface area contributed by atoms with Crippen LogP contribution in [-0.4, -0.2) is 70.1 Å². The van der Waals surface area contributed by atoms with Crippen LogP contribution in [0.4, 0.5) is 0 Å². The molecule has 0 aromatic heterocycles. The van der Waals surface area contributed by atoms with Crippen LogP contribution in [0.25, 0.3) is 0 Å². The number of rotatable bonds is 39. The van der Waals surface area contributed by atoms with Gasteiger partial charge in [-0.1, -0.05) is 162 Å². The molecule has 0 heterocycles. The molecule has 0 radical (unpaired) electrons. The Balaban J connectivity index is 4.56. The molecule has 1 unspecified atom stereocenters. The standard InChI is InChI=1S/C42H82N2O5/c1-4-7-10-11-12-23-26-30-38-44(40(45)33-29-31-37-43(35-8-5-2)36-9-6-3)39(42(48)49)32-27-24-21-19-17-15-13-14-16-18-20-22-25-28-34-41(46)47/h39H,4-38H2,1-3H3,(H,46,47)(H,48,49). The number of hydrogen-bond acceptors (Lipinski definition) is 4. The molecule has 7 nitrogen and oxygen atoms in total. The average Bonchev–Trinajstić information content (AvgIpc) is 3.08. The lowest BCUT2D eigenvalue weighted by Gasteiger charge is -2.30. The second kappa shape index (κ2) is 36.2. The van der Waals surface area contributed by atoms with Gasteiger partial charge in [0, 0.05) is 19.4 Å². The summed E-state index contributed by atoms with van der Waals surface area (Å²) in [6.07, 6.45) is 33.6. The topological polar surface area (TPSA) is 98.2 Å². The minimum absolute atomic E-state index is 0.0437. The largest absolute Gasteiger partial charge is 0.481 e. The highest BCUT2D eigenvalue weighted by atomic mass is 16.4. The normalized spacial score (nSPS) is 12.1. The monoisotopic (exact) mass is 695 g/mol. The van der Waals surface area contributed by atoms with Crippen molar-refractivity contribution in [2.75, 3.05) is 26.2 Å². The van der Waals surface area contributed by atoms with Crippen molar-refractivity contribution in [3.05, 3.63) is 0 Å². The number of aliphatic carboxylic acids is 2. The molecule has 0 rings (SSSR count). The molecule has 0 aromatic carbocycles. The molecule has 0 aliphatic heterocycles. The van der Waals surface area contributed by atoms with Gasteiger partial charge in [-0.3, -0.25) is 9.59 Å². The van der Waals surface area contributed by atoms with Gasteiger partial charge in [0.2, 0.25) is 5.91 Å². The Morgan fingerprint density at radius 1 is 0.429 bits per heavy atom. The van der Waals surface area contributed by atoms with Crippen molar-refractivity contribution in [2.45, 2.75) is 226 Å². The average molecular weight is 695 g/mol. The van der Waals surface area contributed by atoms with Crippen molar-refractivity contribution in [1.29, 1.82) is 0 Å². The lowest BCUT2D eigenvalue weighted by Crippen LogP contribution is -2.45. The van der Waals surface area contributed by atoms with Gasteiger partial charge in [0.15, 0.2) is 0 Å². The fourth-order valence-electron chi connectivity index (χ4n) is 6.87. The van der Waals surface area contributed by atoms with Crippen LogP contribution in [0.15, 0.2) is 0 Å². The van der Waals surface area contributed by atoms with E-state index < -0.39 is 18.0 Å². The third-order valence-electron chi connectivity index (χ3n) is 10.1. The Hall–Kier alpha value is -1.63. The van der Waals surface area contributed by atoms with Crippen molar-refractivity contribution in [3.63, 3.8) is 0 Å². The Kier molecular flexibility index (Phi) is 35.0. The van der Waals surface area contributed by atoms with Gasteiger partial charge in [0.05, 0.1) is 0 Å². The first-order valence-corrected chi connectivity index (χ1v) is 21.3. The predicted octanol–water partition coefficient (Wildman–Crippen LogP) is 11.8. The zero-order chi connectivity index (χ0) is 36.2. The van der Waals surface area contributed by atoms with E-state index in [0.29, 0.717) is 25.8 Å². The Bertz CT molecular complexity index is 753. The van der Waals surface area contributed by atoms with Gasteiger partial charge in [-0.25, -0.2) is 4.79 Å². The minimum atomic E-state index is -0.835. The van der Waals surface area contributed by atoms with E-state index in [9.17, 15) is 19.5 Å². The van der Waals surface area contributed by atoms with E-state index in [1.165, 1.54) is 116 Å². The van der Waals surface area contributed by atoms with Crippen molar-refractivity contribution in [1.82, 2.24) is 9.80 Å². The summed E-state index contributed by atoms with van der Waals surface area (Å²) in [6, 6.07) is -0.695. The van der Waals surface area contributed by atoms with Gasteiger partial charge in [-0.2, -0.15) is 0 Å². The third-order valence-corrected chi connectivity index (χ3v) is 10.1. The lowest BCUT2D eigenvalue weighted by atomic mass is 10.0. The zero-order valence-corrected chi connectivity index (χ0v) is 32.8. The molecule has 1 atom stereocenters. The molecule has 0 aromatic rings. The summed E-state index contributed by atoms with van der Waals surface area (Å²) in [4.78, 5) is 40.9. The molecule has 0 saturated carbocycles. The van der Waals surface area contributed by atoms with Gasteiger partial charge in [0.25, 0.3) is 0 Å². The van der Waals surface area contributed by atoms with Crippen LogP contribution < -0.4 is 0 Å². The molecule has 0 aliphatic rings. The molecular formula is C42H82N2O5. The Morgan fingerprint density at radius 2 is 0.796 bits per heavy atom. The molecule has 1 amide bonds. The van der Waals surface area contributed by atoms with Crippen LogP contribution in [0.1, 0.15) is 220 Å². The van der Waals surface area contributed by atoms with E-state index in [4.69, 9.17) is 5.11 Å². The highest BCUT2D eigenvalue weighted by Gasteiger charge is 2.28. The summed E-state index contributed by atoms with van der Waals surface area (Å²) < 4.78 is 0. The predicted molar refractivity (Wildman–Crippen MR) is 207 cm³/mol. The van der Waals surface area contributed by atoms with Crippen LogP contribution in [0, 0.1) is 0 Å². The fraction of sp³-hybridized carbons (Fsp3) is 0.929. The maximum Gasteiger partial charge on any atom is 0.326 e. The second-order valence-electron chi connectivity index (χ2n) is 14.8. The van der Waals surface area contributed by atoms with E-state index in [1.54, 1.807) is 4.90 Å². The molecule has 0 saturated heterocycles. The van der Waals surface area contributed by atoms with Gasteiger partial charge in [-0.15, -0.1) is 0 Å². The summed E-state index contributed by atoms with van der Waals surface area (Å²) in [7, 11) is 0. The molecule has 2 N–H and O–H groups in total. The first-order chi connectivity index (χ1) is 23.9. The zero-order valence-electron chi connectivity index (χ0n) is 32.8. The van der Waals surface area contributed by atoms with E-state index >= 15 is 0 Å². The fourth-order valence-corrected chi connectivity index (χ4v) is 6.87. The van der Waals surface area contributed by atoms with Gasteiger partial charge < -0.3 is 20.0 Å². The first kappa shape index (κ1) is 47.4. The molecule has 0 bridgehead atoms. The van der Waals surface area contributed by atoms with Crippen LogP contribution in [0.5, 0.6) is 0 Å². The number of nitrogens with zero attached hydrogens (tertiary/aromatic N) is 2. The Morgan fingerprint density at radius 3 is 1.24 bits per heavy atom. The van der Waals surface area contributed by atoms with Crippen LogP contribution in [0.2, 0.25) is 0 Å². The van der Waals surface area contributed by atoms with Gasteiger partial charge in [0.1, 0.15) is 6.04 Å². The highest BCUT2D eigenvalue weighted by molar-refractivity contribution is 5.83. The first-order valence-electron chi connectivity index (χ1n) is 21.3. The molecule has 7 heteroatoms. The Labute approximate surface area is 303 Å². The minimum Gasteiger partial charge on any atom is -0.481 e. The molecule has 0 fully saturated rings. The van der Waals surface area contributed by atoms with Gasteiger partial charge in [-0.05, 0) is 64.6 Å². The smallest absolute Gasteiger partial charge is 0.326 e. The van der Waals surface area contributed by atoms with Crippen molar-refractivity contribution >= 4 is 17.8 Å². The number of carboxylic acid groups (broad SMARTS) is 2. The molecule has 0 aliphatic carbocycles. The highest BCUT2D eigenvalue weighted by Crippen LogP contribution is 2.18. The molecule has 49 heavy (non-hydrogen) atoms. The number of amides is 1. The van der Waals surface area contributed by atoms with Crippen LogP contribution in [0.3, 0.4) is 0 Å². The number of carboxylic acids is 2. The van der Waals surface area contributed by atoms with Crippen molar-refractivity contribution in [3.8, 4) is 0 Å². The van der Waals surface area contributed by atoms with Crippen molar-refractivity contribution < 1.29 is 24.6 Å². The van der Waals surface area contributed by atoms with E-state index in [-0.39, 0.29) is 5.91 Å². The molecular weight excluding hydrogens is 612 g/mol. The molecule has 290 valence electrons. The van der Waals surface area contributed by atoms with Crippen molar-refractivity contribution in [2.24, 2.45) is 0 Å². The quantitative estimate of drug-likeness (QED) is 0.0621. The van der Waals surface area contributed by atoms with E-state index in [1.807, 2.05) is 0 Å². The summed E-state index contributed by atoms with van der Waals surface area (Å²) in [5, 5.41) is 18.9. The van der Waals surface area contributed by atoms with E-state index in [0.717, 1.165) is 83.8 Å². The number of unbranched alkanes of at least 4 members (excludes halogenated alkanes) is 23. The number of hydrogen-bond donors (Lipinski definition) is 2. The SMILES string of the molecule is CCCCCCCCCCN(C(=O)CCCCN(CCCC)CCCC)C(CCCCCCCCCCCCCCCCC(=O)O)C(=O)O. The summed E-state index contributed by atoms with van der Waals surface area (Å²) in [5.41, 5.74) is 0. The second-order valence-corrected chi connectivity index (χ2v) is 14.8. The van der Waals surface area contributed by atoms with E-state index in [2.05, 4.69) is 25.7 Å². The van der Waals surface area contributed by atoms with Crippen LogP contribution >= 0.6 is 0 Å². The number of carbonyl (C=O) groups excluding carboxylic acids is 1. The van der Waals surface area contributed by atoms with Crippen LogP contribution in [-0.2, 0) is 14.4 Å². The van der Waals surface area contributed by atoms with Gasteiger partial charge >= 0.3 is 11.9 Å². The molecule has 0 spiro atoms. The lowest BCUT2D eigenvalue weighted by molar-refractivity contribution is -0.150.